The van der Waals surface area contributed by atoms with Crippen molar-refractivity contribution in [3.63, 3.8) is 0 Å². The highest BCUT2D eigenvalue weighted by molar-refractivity contribution is 5.95. The number of nitrogens with zero attached hydrogens (tertiary/aromatic N) is 5. The molecule has 3 heterocycles. The van der Waals surface area contributed by atoms with Gasteiger partial charge in [0.05, 0.1) is 22.3 Å². The minimum atomic E-state index is -4.55. The molecule has 1 aliphatic heterocycles. The van der Waals surface area contributed by atoms with Crippen molar-refractivity contribution in [3.8, 4) is 11.3 Å². The van der Waals surface area contributed by atoms with Gasteiger partial charge in [-0.05, 0) is 37.6 Å². The summed E-state index contributed by atoms with van der Waals surface area (Å²) in [6.45, 7) is 3.51. The predicted octanol–water partition coefficient (Wildman–Crippen LogP) is 5.37. The van der Waals surface area contributed by atoms with Gasteiger partial charge in [-0.1, -0.05) is 42.5 Å². The maximum absolute atomic E-state index is 13.2. The molecular weight excluding hydrogens is 467 g/mol. The van der Waals surface area contributed by atoms with Gasteiger partial charge in [-0.25, -0.2) is 15.0 Å². The highest BCUT2D eigenvalue weighted by Crippen LogP contribution is 2.31. The Morgan fingerprint density at radius 3 is 2.19 bits per heavy atom. The molecule has 0 saturated carbocycles. The number of aryl methyl sites for hydroxylation is 1. The van der Waals surface area contributed by atoms with Gasteiger partial charge in [0, 0.05) is 31.7 Å². The molecule has 2 aromatic heterocycles. The van der Waals surface area contributed by atoms with Gasteiger partial charge in [0.1, 0.15) is 11.4 Å². The highest BCUT2D eigenvalue weighted by Gasteiger charge is 2.33. The summed E-state index contributed by atoms with van der Waals surface area (Å²) in [6, 6.07) is 19.7. The van der Waals surface area contributed by atoms with E-state index in [0.29, 0.717) is 32.6 Å². The Bertz CT molecular complexity index is 1410. The second kappa shape index (κ2) is 9.56. The van der Waals surface area contributed by atoms with Crippen LogP contribution in [0.25, 0.3) is 22.3 Å². The third-order valence-corrected chi connectivity index (χ3v) is 6.29. The zero-order chi connectivity index (χ0) is 25.3. The smallest absolute Gasteiger partial charge is 0.353 e. The summed E-state index contributed by atoms with van der Waals surface area (Å²) in [6.07, 6.45) is -3.87. The molecule has 1 fully saturated rings. The molecule has 9 heteroatoms. The lowest BCUT2D eigenvalue weighted by Gasteiger charge is -2.25. The fourth-order valence-electron chi connectivity index (χ4n) is 4.45. The van der Waals surface area contributed by atoms with E-state index in [1.165, 1.54) is 13.0 Å². The van der Waals surface area contributed by atoms with E-state index in [0.717, 1.165) is 34.2 Å². The van der Waals surface area contributed by atoms with E-state index < -0.39 is 11.9 Å². The molecule has 0 radical (unpaired) electrons. The van der Waals surface area contributed by atoms with Crippen molar-refractivity contribution in [2.45, 2.75) is 19.5 Å². The third kappa shape index (κ3) is 4.73. The number of alkyl halides is 3. The van der Waals surface area contributed by atoms with E-state index >= 15 is 0 Å². The maximum atomic E-state index is 13.2. The number of amides is 1. The molecule has 0 aliphatic carbocycles. The Kier molecular flexibility index (Phi) is 6.30. The largest absolute Gasteiger partial charge is 0.433 e. The number of halogens is 3. The molecule has 4 aromatic rings. The van der Waals surface area contributed by atoms with Gasteiger partial charge >= 0.3 is 6.18 Å². The van der Waals surface area contributed by atoms with E-state index in [2.05, 4.69) is 9.88 Å². The molecule has 0 bridgehead atoms. The van der Waals surface area contributed by atoms with Crippen molar-refractivity contribution in [1.82, 2.24) is 19.9 Å². The summed E-state index contributed by atoms with van der Waals surface area (Å²) < 4.78 is 39.0. The number of hydrogen-bond acceptors (Lipinski definition) is 5. The molecule has 2 aromatic carbocycles. The molecule has 1 saturated heterocycles. The fraction of sp³-hybridized carbons (Fsp3) is 0.259. The summed E-state index contributed by atoms with van der Waals surface area (Å²) in [5, 5.41) is 0. The number of pyridine rings is 1. The lowest BCUT2D eigenvalue weighted by molar-refractivity contribution is -0.141. The van der Waals surface area contributed by atoms with Gasteiger partial charge < -0.3 is 9.80 Å². The quantitative estimate of drug-likeness (QED) is 0.386. The molecule has 36 heavy (non-hydrogen) atoms. The van der Waals surface area contributed by atoms with Crippen LogP contribution in [0.1, 0.15) is 28.2 Å². The Labute approximate surface area is 206 Å². The number of fused-ring (bicyclic) bond motifs is 1. The van der Waals surface area contributed by atoms with Crippen LogP contribution >= 0.6 is 0 Å². The molecule has 0 unspecified atom stereocenters. The molecular formula is C27H24F3N5O. The second-order valence-corrected chi connectivity index (χ2v) is 8.71. The molecule has 1 amide bonds. The third-order valence-electron chi connectivity index (χ3n) is 6.29. The van der Waals surface area contributed by atoms with Gasteiger partial charge in [0.15, 0.2) is 5.82 Å². The van der Waals surface area contributed by atoms with Crippen LogP contribution in [0.4, 0.5) is 19.0 Å². The zero-order valence-electron chi connectivity index (χ0n) is 19.7. The van der Waals surface area contributed by atoms with Gasteiger partial charge in [-0.3, -0.25) is 4.79 Å². The molecule has 1 aliphatic rings. The van der Waals surface area contributed by atoms with Crippen molar-refractivity contribution in [3.05, 3.63) is 83.7 Å². The van der Waals surface area contributed by atoms with Crippen molar-refractivity contribution < 1.29 is 18.0 Å². The molecule has 0 atom stereocenters. The van der Waals surface area contributed by atoms with Crippen molar-refractivity contribution in [2.24, 2.45) is 0 Å². The summed E-state index contributed by atoms with van der Waals surface area (Å²) in [5.74, 6) is 0.435. The van der Waals surface area contributed by atoms with Crippen LogP contribution in [-0.2, 0) is 6.18 Å². The van der Waals surface area contributed by atoms with Crippen LogP contribution in [0.3, 0.4) is 0 Å². The Balaban J connectivity index is 1.42. The number of benzene rings is 2. The summed E-state index contributed by atoms with van der Waals surface area (Å²) in [5.41, 5.74) is 2.58. The van der Waals surface area contributed by atoms with Gasteiger partial charge in [0.25, 0.3) is 5.91 Å². The van der Waals surface area contributed by atoms with E-state index in [-0.39, 0.29) is 17.2 Å². The Hall–Kier alpha value is -4.01. The molecule has 0 N–H and O–H groups in total. The molecule has 5 rings (SSSR count). The summed E-state index contributed by atoms with van der Waals surface area (Å²) in [4.78, 5) is 30.5. The number of hydrogen-bond donors (Lipinski definition) is 0. The number of para-hydroxylation sites is 2. The lowest BCUT2D eigenvalue weighted by Crippen LogP contribution is -2.36. The van der Waals surface area contributed by atoms with Gasteiger partial charge in [0.2, 0.25) is 0 Å². The van der Waals surface area contributed by atoms with E-state index in [1.807, 2.05) is 54.6 Å². The molecule has 0 spiro atoms. The normalized spacial score (nSPS) is 14.7. The first kappa shape index (κ1) is 23.7. The van der Waals surface area contributed by atoms with Crippen LogP contribution in [0, 0.1) is 6.92 Å². The summed E-state index contributed by atoms with van der Waals surface area (Å²) in [7, 11) is 0. The van der Waals surface area contributed by atoms with Crippen LogP contribution in [0.5, 0.6) is 0 Å². The van der Waals surface area contributed by atoms with Crippen molar-refractivity contribution >= 4 is 22.8 Å². The Morgan fingerprint density at radius 1 is 0.806 bits per heavy atom. The van der Waals surface area contributed by atoms with Crippen molar-refractivity contribution in [2.75, 3.05) is 31.1 Å². The highest BCUT2D eigenvalue weighted by atomic mass is 19.4. The topological polar surface area (TPSA) is 62.2 Å². The average Bonchev–Trinajstić information content (AvgIpc) is 3.14. The number of rotatable bonds is 3. The first-order valence-electron chi connectivity index (χ1n) is 11.7. The van der Waals surface area contributed by atoms with Gasteiger partial charge in [-0.15, -0.1) is 0 Å². The average molecular weight is 492 g/mol. The second-order valence-electron chi connectivity index (χ2n) is 8.71. The van der Waals surface area contributed by atoms with Crippen LogP contribution in [-0.4, -0.2) is 51.9 Å². The number of carbonyl (C=O) groups excluding carboxylic acids is 1. The standard InChI is InChI=1S/C27H24F3N5O/c1-18-20(12-13-23(31-18)27(28,29)30)26(36)35-15-7-14-34(16-17-35)25-24(19-8-3-2-4-9-19)32-21-10-5-6-11-22(21)33-25/h2-6,8-13H,7,14-17H2,1H3. The zero-order valence-corrected chi connectivity index (χ0v) is 19.7. The first-order chi connectivity index (χ1) is 17.3. The number of carbonyl (C=O) groups is 1. The first-order valence-corrected chi connectivity index (χ1v) is 11.7. The van der Waals surface area contributed by atoms with Crippen molar-refractivity contribution in [1.29, 1.82) is 0 Å². The van der Waals surface area contributed by atoms with E-state index in [4.69, 9.17) is 9.97 Å². The van der Waals surface area contributed by atoms with Gasteiger partial charge in [-0.2, -0.15) is 13.2 Å². The monoisotopic (exact) mass is 491 g/mol. The predicted molar refractivity (Wildman–Crippen MR) is 132 cm³/mol. The van der Waals surface area contributed by atoms with Crippen LogP contribution in [0.2, 0.25) is 0 Å². The fourth-order valence-corrected chi connectivity index (χ4v) is 4.45. The van der Waals surface area contributed by atoms with Crippen LogP contribution < -0.4 is 4.90 Å². The lowest BCUT2D eigenvalue weighted by atomic mass is 10.1. The molecule has 6 nitrogen and oxygen atoms in total. The van der Waals surface area contributed by atoms with Crippen LogP contribution in [0.15, 0.2) is 66.7 Å². The SMILES string of the molecule is Cc1nc(C(F)(F)F)ccc1C(=O)N1CCCN(c2nc3ccccc3nc2-c2ccccc2)CC1. The number of aromatic nitrogens is 3. The number of anilines is 1. The summed E-state index contributed by atoms with van der Waals surface area (Å²) >= 11 is 0. The maximum Gasteiger partial charge on any atom is 0.433 e. The minimum absolute atomic E-state index is 0.0719. The van der Waals surface area contributed by atoms with E-state index in [1.54, 1.807) is 4.90 Å². The Morgan fingerprint density at radius 2 is 1.50 bits per heavy atom. The van der Waals surface area contributed by atoms with E-state index in [9.17, 15) is 18.0 Å². The minimum Gasteiger partial charge on any atom is -0.353 e. The molecule has 184 valence electrons.